The van der Waals surface area contributed by atoms with Crippen molar-refractivity contribution in [3.05, 3.63) is 22.2 Å². The average Bonchev–Trinajstić information content (AvgIpc) is 2.62. The fourth-order valence-corrected chi connectivity index (χ4v) is 2.47. The van der Waals surface area contributed by atoms with Crippen LogP contribution in [0.5, 0.6) is 0 Å². The Morgan fingerprint density at radius 3 is 2.78 bits per heavy atom. The number of amides is 1. The molecule has 1 N–H and O–H groups in total. The van der Waals surface area contributed by atoms with Crippen LogP contribution >= 0.6 is 15.9 Å². The van der Waals surface area contributed by atoms with Gasteiger partial charge in [0.25, 0.3) is 11.7 Å². The van der Waals surface area contributed by atoms with Gasteiger partial charge in [0, 0.05) is 11.0 Å². The van der Waals surface area contributed by atoms with Crippen molar-refractivity contribution in [1.82, 2.24) is 0 Å². The Kier molecular flexibility index (Phi) is 3.39. The van der Waals surface area contributed by atoms with E-state index in [4.69, 9.17) is 6.42 Å². The van der Waals surface area contributed by atoms with Crippen molar-refractivity contribution in [2.24, 2.45) is 0 Å². The molecular formula is C13H11BrN2O2. The van der Waals surface area contributed by atoms with Crippen molar-refractivity contribution in [1.29, 1.82) is 0 Å². The van der Waals surface area contributed by atoms with Gasteiger partial charge in [-0.25, -0.2) is 0 Å². The minimum atomic E-state index is -0.589. The maximum atomic E-state index is 11.5. The topological polar surface area (TPSA) is 49.4 Å². The van der Waals surface area contributed by atoms with Crippen LogP contribution < -0.4 is 10.2 Å². The number of carbonyl (C=O) groups excluding carboxylic acids is 2. The number of hydrogen-bond donors (Lipinski definition) is 1. The van der Waals surface area contributed by atoms with Gasteiger partial charge in [-0.1, -0.05) is 5.92 Å². The Bertz CT molecular complexity index is 575. The molecule has 1 aromatic rings. The second kappa shape index (κ2) is 4.83. The predicted octanol–water partition coefficient (Wildman–Crippen LogP) is 2.04. The first-order chi connectivity index (χ1) is 8.58. The lowest BCUT2D eigenvalue weighted by Gasteiger charge is -2.22. The van der Waals surface area contributed by atoms with Crippen molar-refractivity contribution in [3.8, 4) is 12.3 Å². The minimum Gasteiger partial charge on any atom is -0.360 e. The molecule has 5 heteroatoms. The van der Waals surface area contributed by atoms with E-state index < -0.39 is 11.7 Å². The number of nitrogens with zero attached hydrogens (tertiary/aromatic N) is 1. The molecule has 0 aromatic heterocycles. The molecule has 18 heavy (non-hydrogen) atoms. The third kappa shape index (κ3) is 2.00. The van der Waals surface area contributed by atoms with Crippen LogP contribution in [-0.4, -0.2) is 24.8 Å². The molecule has 0 atom stereocenters. The molecule has 2 rings (SSSR count). The predicted molar refractivity (Wildman–Crippen MR) is 73.8 cm³/mol. The van der Waals surface area contributed by atoms with Crippen LogP contribution in [0.3, 0.4) is 0 Å². The van der Waals surface area contributed by atoms with Crippen molar-refractivity contribution in [3.63, 3.8) is 0 Å². The van der Waals surface area contributed by atoms with Crippen molar-refractivity contribution >= 4 is 39.0 Å². The molecule has 0 aliphatic carbocycles. The summed E-state index contributed by atoms with van der Waals surface area (Å²) in [6, 6.07) is 3.42. The number of terminal acetylenes is 1. The highest BCUT2D eigenvalue weighted by Gasteiger charge is 2.29. The number of nitrogens with one attached hydrogen (secondary N) is 1. The van der Waals surface area contributed by atoms with Gasteiger partial charge in [0.2, 0.25) is 0 Å². The zero-order valence-electron chi connectivity index (χ0n) is 9.79. The zero-order valence-corrected chi connectivity index (χ0v) is 11.4. The monoisotopic (exact) mass is 306 g/mol. The first kappa shape index (κ1) is 12.7. The Hall–Kier alpha value is -1.80. The van der Waals surface area contributed by atoms with Crippen LogP contribution in [0.25, 0.3) is 0 Å². The van der Waals surface area contributed by atoms with Gasteiger partial charge in [-0.2, -0.15) is 0 Å². The molecule has 0 saturated heterocycles. The zero-order chi connectivity index (χ0) is 13.3. The SMILES string of the molecule is C#CCN(CC)c1cc2c(cc1Br)C(=O)C(=O)N2. The second-order valence-corrected chi connectivity index (χ2v) is 4.71. The lowest BCUT2D eigenvalue weighted by atomic mass is 10.1. The van der Waals surface area contributed by atoms with Gasteiger partial charge in [0.05, 0.1) is 23.5 Å². The smallest absolute Gasteiger partial charge is 0.296 e. The highest BCUT2D eigenvalue weighted by molar-refractivity contribution is 9.10. The summed E-state index contributed by atoms with van der Waals surface area (Å²) in [5.41, 5.74) is 1.80. The van der Waals surface area contributed by atoms with Crippen LogP contribution in [-0.2, 0) is 4.79 Å². The maximum Gasteiger partial charge on any atom is 0.296 e. The minimum absolute atomic E-state index is 0.396. The average molecular weight is 307 g/mol. The molecule has 1 aromatic carbocycles. The van der Waals surface area contributed by atoms with Crippen molar-refractivity contribution in [2.75, 3.05) is 23.3 Å². The number of hydrogen-bond acceptors (Lipinski definition) is 3. The number of rotatable bonds is 3. The van der Waals surface area contributed by atoms with Crippen molar-refractivity contribution in [2.45, 2.75) is 6.92 Å². The molecule has 0 unspecified atom stereocenters. The summed E-state index contributed by atoms with van der Waals surface area (Å²) in [6.45, 7) is 3.19. The number of carbonyl (C=O) groups is 2. The molecule has 1 aliphatic heterocycles. The molecule has 0 fully saturated rings. The van der Waals surface area contributed by atoms with Gasteiger partial charge in [0.1, 0.15) is 0 Å². The molecule has 0 radical (unpaired) electrons. The third-order valence-corrected chi connectivity index (χ3v) is 3.43. The van der Waals surface area contributed by atoms with Gasteiger partial charge >= 0.3 is 0 Å². The van der Waals surface area contributed by atoms with Gasteiger partial charge in [-0.05, 0) is 35.0 Å². The van der Waals surface area contributed by atoms with Gasteiger partial charge in [0.15, 0.2) is 0 Å². The Morgan fingerprint density at radius 1 is 1.44 bits per heavy atom. The summed E-state index contributed by atoms with van der Waals surface area (Å²) in [5.74, 6) is 1.49. The third-order valence-electron chi connectivity index (χ3n) is 2.79. The normalized spacial score (nSPS) is 12.9. The number of anilines is 2. The van der Waals surface area contributed by atoms with E-state index in [2.05, 4.69) is 27.2 Å². The Morgan fingerprint density at radius 2 is 2.17 bits per heavy atom. The van der Waals surface area contributed by atoms with Gasteiger partial charge in [-0.15, -0.1) is 6.42 Å². The number of benzene rings is 1. The van der Waals surface area contributed by atoms with E-state index in [9.17, 15) is 9.59 Å². The largest absolute Gasteiger partial charge is 0.360 e. The number of Topliss-reactive ketones (excluding diaryl/α,β-unsaturated/α-hetero) is 1. The van der Waals surface area contributed by atoms with E-state index in [1.54, 1.807) is 12.1 Å². The van der Waals surface area contributed by atoms with E-state index in [-0.39, 0.29) is 0 Å². The Balaban J connectivity index is 2.47. The molecule has 0 bridgehead atoms. The van der Waals surface area contributed by atoms with Crippen LogP contribution in [0, 0.1) is 12.3 Å². The summed E-state index contributed by atoms with van der Waals surface area (Å²) >= 11 is 3.41. The summed E-state index contributed by atoms with van der Waals surface area (Å²) in [4.78, 5) is 24.8. The molecule has 92 valence electrons. The second-order valence-electron chi connectivity index (χ2n) is 3.85. The summed E-state index contributed by atoms with van der Waals surface area (Å²) in [7, 11) is 0. The van der Waals surface area contributed by atoms with Gasteiger partial charge < -0.3 is 10.2 Å². The quantitative estimate of drug-likeness (QED) is 0.687. The highest BCUT2D eigenvalue weighted by Crippen LogP contribution is 2.35. The van der Waals surface area contributed by atoms with Crippen LogP contribution in [0.1, 0.15) is 17.3 Å². The first-order valence-corrected chi connectivity index (χ1v) is 6.25. The van der Waals surface area contributed by atoms with E-state index in [1.165, 1.54) is 0 Å². The molecule has 0 saturated carbocycles. The summed E-state index contributed by atoms with van der Waals surface area (Å²) in [5, 5.41) is 2.55. The lowest BCUT2D eigenvalue weighted by molar-refractivity contribution is -0.112. The number of halogens is 1. The molecule has 0 spiro atoms. The molecule has 1 heterocycles. The Labute approximate surface area is 113 Å². The van der Waals surface area contributed by atoms with Crippen LogP contribution in [0.15, 0.2) is 16.6 Å². The number of ketones is 1. The van der Waals surface area contributed by atoms with E-state index >= 15 is 0 Å². The van der Waals surface area contributed by atoms with Crippen molar-refractivity contribution < 1.29 is 9.59 Å². The lowest BCUT2D eigenvalue weighted by Crippen LogP contribution is -2.23. The molecule has 1 aliphatic rings. The fraction of sp³-hybridized carbons (Fsp3) is 0.231. The summed E-state index contributed by atoms with van der Waals surface area (Å²) < 4.78 is 0.753. The summed E-state index contributed by atoms with van der Waals surface area (Å²) in [6.07, 6.45) is 5.32. The molecule has 1 amide bonds. The van der Waals surface area contributed by atoms with E-state index in [0.717, 1.165) is 16.7 Å². The van der Waals surface area contributed by atoms with Crippen LogP contribution in [0.2, 0.25) is 0 Å². The van der Waals surface area contributed by atoms with E-state index in [1.807, 2.05) is 11.8 Å². The highest BCUT2D eigenvalue weighted by atomic mass is 79.9. The maximum absolute atomic E-state index is 11.5. The van der Waals surface area contributed by atoms with Gasteiger partial charge in [-0.3, -0.25) is 9.59 Å². The standard InChI is InChI=1S/C13H11BrN2O2/c1-3-5-16(4-2)11-7-10-8(6-9(11)14)12(17)13(18)15-10/h1,6-7H,4-5H2,2H3,(H,15,17,18). The first-order valence-electron chi connectivity index (χ1n) is 5.46. The van der Waals surface area contributed by atoms with E-state index in [0.29, 0.717) is 17.8 Å². The fourth-order valence-electron chi connectivity index (χ4n) is 1.87. The van der Waals surface area contributed by atoms with Crippen LogP contribution in [0.4, 0.5) is 11.4 Å². The molecular weight excluding hydrogens is 296 g/mol. The number of fused-ring (bicyclic) bond motifs is 1. The molecule has 4 nitrogen and oxygen atoms in total.